The zero-order chi connectivity index (χ0) is 13.8. The van der Waals surface area contributed by atoms with E-state index < -0.39 is 0 Å². The molecule has 19 heavy (non-hydrogen) atoms. The Balaban J connectivity index is 2.20. The first-order chi connectivity index (χ1) is 9.11. The van der Waals surface area contributed by atoms with E-state index in [1.165, 1.54) is 0 Å². The highest BCUT2D eigenvalue weighted by molar-refractivity contribution is 9.10. The van der Waals surface area contributed by atoms with Crippen LogP contribution in [0.2, 0.25) is 0 Å². The van der Waals surface area contributed by atoms with Crippen molar-refractivity contribution in [1.29, 1.82) is 0 Å². The van der Waals surface area contributed by atoms with Crippen molar-refractivity contribution in [1.82, 2.24) is 25.3 Å². The number of hydrogen-bond donors (Lipinski definition) is 1. The highest BCUT2D eigenvalue weighted by atomic mass is 79.9. The molecule has 2 rings (SSSR count). The second-order valence-corrected chi connectivity index (χ2v) is 6.18. The van der Waals surface area contributed by atoms with Crippen molar-refractivity contribution in [2.24, 2.45) is 7.05 Å². The maximum Gasteiger partial charge on any atom is 0.153 e. The fraction of sp³-hybridized carbons (Fsp3) is 0.583. The van der Waals surface area contributed by atoms with E-state index in [-0.39, 0.29) is 6.04 Å². The molecule has 7 heteroatoms. The highest BCUT2D eigenvalue weighted by Gasteiger charge is 2.21. The lowest BCUT2D eigenvalue weighted by Crippen LogP contribution is -2.26. The van der Waals surface area contributed by atoms with Crippen LogP contribution in [0.4, 0.5) is 0 Å². The molecule has 0 amide bonds. The second-order valence-electron chi connectivity index (χ2n) is 4.48. The normalized spacial score (nSPS) is 12.8. The Bertz CT molecular complexity index is 516. The smallest absolute Gasteiger partial charge is 0.153 e. The van der Waals surface area contributed by atoms with Crippen LogP contribution in [0.3, 0.4) is 0 Å². The van der Waals surface area contributed by atoms with Gasteiger partial charge in [0.15, 0.2) is 4.60 Å². The van der Waals surface area contributed by atoms with E-state index >= 15 is 0 Å². The van der Waals surface area contributed by atoms with Crippen molar-refractivity contribution in [3.05, 3.63) is 26.4 Å². The van der Waals surface area contributed by atoms with Crippen LogP contribution < -0.4 is 5.32 Å². The van der Waals surface area contributed by atoms with Gasteiger partial charge in [0.2, 0.25) is 0 Å². The van der Waals surface area contributed by atoms with Gasteiger partial charge in [-0.15, -0.1) is 16.4 Å². The summed E-state index contributed by atoms with van der Waals surface area (Å²) in [5.41, 5.74) is 2.15. The van der Waals surface area contributed by atoms with Crippen molar-refractivity contribution in [3.63, 3.8) is 0 Å². The zero-order valence-corrected chi connectivity index (χ0v) is 13.8. The third-order valence-corrected chi connectivity index (χ3v) is 4.40. The molecule has 0 aliphatic carbocycles. The summed E-state index contributed by atoms with van der Waals surface area (Å²) in [6, 6.07) is 0.180. The summed E-state index contributed by atoms with van der Waals surface area (Å²) >= 11 is 5.18. The lowest BCUT2D eigenvalue weighted by molar-refractivity contribution is 0.490. The van der Waals surface area contributed by atoms with Crippen molar-refractivity contribution < 1.29 is 0 Å². The lowest BCUT2D eigenvalue weighted by Gasteiger charge is -2.17. The third-order valence-electron chi connectivity index (χ3n) is 2.84. The molecule has 2 aromatic heterocycles. The van der Waals surface area contributed by atoms with E-state index in [4.69, 9.17) is 0 Å². The minimum absolute atomic E-state index is 0.180. The van der Waals surface area contributed by atoms with Gasteiger partial charge in [-0.05, 0) is 35.8 Å². The Morgan fingerprint density at radius 2 is 2.32 bits per heavy atom. The summed E-state index contributed by atoms with van der Waals surface area (Å²) in [6.07, 6.45) is 1.95. The summed E-state index contributed by atoms with van der Waals surface area (Å²) in [7, 11) is 1.92. The molecule has 0 fully saturated rings. The summed E-state index contributed by atoms with van der Waals surface area (Å²) < 4.78 is 2.62. The maximum atomic E-state index is 4.54. The summed E-state index contributed by atoms with van der Waals surface area (Å²) in [5, 5.41) is 14.9. The average Bonchev–Trinajstić information content (AvgIpc) is 2.92. The number of nitrogens with zero attached hydrogens (tertiary/aromatic N) is 4. The topological polar surface area (TPSA) is 55.6 Å². The minimum atomic E-state index is 0.180. The molecule has 2 heterocycles. The third kappa shape index (κ3) is 3.61. The van der Waals surface area contributed by atoms with Crippen molar-refractivity contribution in [2.45, 2.75) is 32.7 Å². The first kappa shape index (κ1) is 14.6. The molecule has 2 aromatic rings. The van der Waals surface area contributed by atoms with Gasteiger partial charge in [0.05, 0.1) is 16.7 Å². The molecule has 0 saturated carbocycles. The van der Waals surface area contributed by atoms with Crippen LogP contribution in [0.25, 0.3) is 0 Å². The predicted molar refractivity (Wildman–Crippen MR) is 80.3 cm³/mol. The quantitative estimate of drug-likeness (QED) is 0.875. The lowest BCUT2D eigenvalue weighted by atomic mass is 10.1. The molecule has 5 nitrogen and oxygen atoms in total. The number of halogens is 1. The van der Waals surface area contributed by atoms with Gasteiger partial charge in [0.25, 0.3) is 0 Å². The Labute approximate surface area is 125 Å². The van der Waals surface area contributed by atoms with Crippen molar-refractivity contribution in [3.8, 4) is 0 Å². The van der Waals surface area contributed by atoms with Gasteiger partial charge in [0.1, 0.15) is 0 Å². The van der Waals surface area contributed by atoms with E-state index in [2.05, 4.69) is 48.8 Å². The standard InChI is InChI=1S/C12H18BrN5S/c1-4-5-14-9(6-10-15-8(2)7-19-10)11-12(13)16-17-18(11)3/h7,9,14H,4-6H2,1-3H3. The van der Waals surface area contributed by atoms with E-state index in [0.717, 1.165) is 40.4 Å². The molecule has 0 spiro atoms. The highest BCUT2D eigenvalue weighted by Crippen LogP contribution is 2.25. The molecule has 0 bridgehead atoms. The van der Waals surface area contributed by atoms with E-state index in [1.54, 1.807) is 11.3 Å². The molecule has 0 aromatic carbocycles. The monoisotopic (exact) mass is 343 g/mol. The minimum Gasteiger partial charge on any atom is -0.308 e. The van der Waals surface area contributed by atoms with Crippen LogP contribution >= 0.6 is 27.3 Å². The second kappa shape index (κ2) is 6.58. The molecule has 1 unspecified atom stereocenters. The van der Waals surface area contributed by atoms with Gasteiger partial charge in [0, 0.05) is 24.5 Å². The number of hydrogen-bond acceptors (Lipinski definition) is 5. The van der Waals surface area contributed by atoms with Gasteiger partial charge < -0.3 is 5.32 Å². The van der Waals surface area contributed by atoms with Gasteiger partial charge >= 0.3 is 0 Å². The number of nitrogens with one attached hydrogen (secondary N) is 1. The number of rotatable bonds is 6. The predicted octanol–water partition coefficient (Wildman–Crippen LogP) is 2.63. The Hall–Kier alpha value is -0.790. The van der Waals surface area contributed by atoms with Crippen LogP contribution in [0.1, 0.15) is 35.8 Å². The molecular weight excluding hydrogens is 326 g/mol. The number of aromatic nitrogens is 4. The molecule has 0 aliphatic rings. The van der Waals surface area contributed by atoms with Gasteiger partial charge in [-0.1, -0.05) is 12.1 Å². The first-order valence-electron chi connectivity index (χ1n) is 6.31. The van der Waals surface area contributed by atoms with Gasteiger partial charge in [-0.25, -0.2) is 9.67 Å². The molecule has 1 N–H and O–H groups in total. The van der Waals surface area contributed by atoms with Gasteiger partial charge in [-0.3, -0.25) is 0 Å². The number of aryl methyl sites for hydroxylation is 2. The summed E-state index contributed by atoms with van der Waals surface area (Å²) in [5.74, 6) is 0. The molecule has 0 radical (unpaired) electrons. The van der Waals surface area contributed by atoms with E-state index in [9.17, 15) is 0 Å². The van der Waals surface area contributed by atoms with E-state index in [1.807, 2.05) is 18.7 Å². The van der Waals surface area contributed by atoms with Gasteiger partial charge in [-0.2, -0.15) is 0 Å². The van der Waals surface area contributed by atoms with Crippen LogP contribution in [-0.2, 0) is 13.5 Å². The van der Waals surface area contributed by atoms with Crippen LogP contribution in [0.15, 0.2) is 9.98 Å². The number of thiazole rings is 1. The largest absolute Gasteiger partial charge is 0.308 e. The fourth-order valence-electron chi connectivity index (χ4n) is 1.96. The molecular formula is C12H18BrN5S. The fourth-order valence-corrected chi connectivity index (χ4v) is 3.39. The first-order valence-corrected chi connectivity index (χ1v) is 7.98. The van der Waals surface area contributed by atoms with Crippen LogP contribution in [0.5, 0.6) is 0 Å². The Morgan fingerprint density at radius 3 is 2.84 bits per heavy atom. The maximum absolute atomic E-state index is 4.54. The SMILES string of the molecule is CCCNC(Cc1nc(C)cs1)c1c(Br)nnn1C. The van der Waals surface area contributed by atoms with Crippen molar-refractivity contribution in [2.75, 3.05) is 6.54 Å². The van der Waals surface area contributed by atoms with Crippen LogP contribution in [-0.4, -0.2) is 26.5 Å². The average molecular weight is 344 g/mol. The molecule has 1 atom stereocenters. The summed E-state index contributed by atoms with van der Waals surface area (Å²) in [6.45, 7) is 5.15. The molecule has 0 aliphatic heterocycles. The summed E-state index contributed by atoms with van der Waals surface area (Å²) in [4.78, 5) is 4.54. The van der Waals surface area contributed by atoms with Crippen LogP contribution in [0, 0.1) is 6.92 Å². The molecule has 104 valence electrons. The molecule has 0 saturated heterocycles. The van der Waals surface area contributed by atoms with E-state index in [0.29, 0.717) is 0 Å². The zero-order valence-electron chi connectivity index (χ0n) is 11.4. The Morgan fingerprint density at radius 1 is 1.53 bits per heavy atom. The Kier molecular flexibility index (Phi) is 5.06. The van der Waals surface area contributed by atoms with Crippen molar-refractivity contribution >= 4 is 27.3 Å².